The van der Waals surface area contributed by atoms with Gasteiger partial charge in [0.25, 0.3) is 0 Å². The molecule has 1 heterocycles. The molecule has 0 spiro atoms. The van der Waals surface area contributed by atoms with Crippen molar-refractivity contribution in [3.8, 4) is 0 Å². The van der Waals surface area contributed by atoms with E-state index >= 15 is 0 Å². The topological polar surface area (TPSA) is 39.3 Å². The molecule has 1 rings (SSSR count). The molecule has 3 N–H and O–H groups in total. The summed E-state index contributed by atoms with van der Waals surface area (Å²) in [4.78, 5) is 2.48. The highest BCUT2D eigenvalue weighted by atomic mass is 15.1. The quantitative estimate of drug-likeness (QED) is 0.570. The molecule has 0 aromatic heterocycles. The summed E-state index contributed by atoms with van der Waals surface area (Å²) < 4.78 is 0. The first-order valence-corrected chi connectivity index (χ1v) is 5.78. The SMILES string of the molecule is CCN1CCNCCNCCNCC1.[HH].[HH].[HH].[HH]. The van der Waals surface area contributed by atoms with Crippen molar-refractivity contribution in [3.05, 3.63) is 0 Å². The molecule has 0 amide bonds. The van der Waals surface area contributed by atoms with Gasteiger partial charge in [0.15, 0.2) is 0 Å². The Hall–Kier alpha value is -0.160. The molecule has 0 radical (unpaired) electrons. The summed E-state index contributed by atoms with van der Waals surface area (Å²) >= 11 is 0. The molecule has 92 valence electrons. The Labute approximate surface area is 93.4 Å². The Balaban J connectivity index is -0.000000245. The first-order chi connectivity index (χ1) is 6.93. The van der Waals surface area contributed by atoms with E-state index in [4.69, 9.17) is 0 Å². The summed E-state index contributed by atoms with van der Waals surface area (Å²) in [6.45, 7) is 12.2. The monoisotopic (exact) mass is 208 g/mol. The predicted octanol–water partition coefficient (Wildman–Crippen LogP) is 0.0747. The van der Waals surface area contributed by atoms with Crippen molar-refractivity contribution in [1.29, 1.82) is 0 Å². The zero-order valence-electron chi connectivity index (χ0n) is 9.31. The van der Waals surface area contributed by atoms with Gasteiger partial charge in [-0.1, -0.05) is 6.92 Å². The lowest BCUT2D eigenvalue weighted by Gasteiger charge is -2.21. The number of nitrogens with one attached hydrogen (secondary N) is 3. The van der Waals surface area contributed by atoms with Crippen molar-refractivity contribution >= 4 is 0 Å². The van der Waals surface area contributed by atoms with Crippen LogP contribution in [-0.2, 0) is 0 Å². The Kier molecular flexibility index (Phi) is 6.95. The van der Waals surface area contributed by atoms with Gasteiger partial charge in [-0.15, -0.1) is 0 Å². The molecule has 0 aliphatic carbocycles. The van der Waals surface area contributed by atoms with E-state index in [1.54, 1.807) is 0 Å². The summed E-state index contributed by atoms with van der Waals surface area (Å²) in [5.41, 5.74) is 0. The van der Waals surface area contributed by atoms with Crippen LogP contribution in [0.2, 0.25) is 0 Å². The van der Waals surface area contributed by atoms with Crippen LogP contribution in [0.15, 0.2) is 0 Å². The van der Waals surface area contributed by atoms with Gasteiger partial charge < -0.3 is 20.9 Å². The highest BCUT2D eigenvalue weighted by Crippen LogP contribution is 1.85. The largest absolute Gasteiger partial charge is 0.314 e. The third-order valence-corrected chi connectivity index (χ3v) is 2.61. The molecular weight excluding hydrogens is 176 g/mol. The first kappa shape index (κ1) is 11.9. The van der Waals surface area contributed by atoms with Gasteiger partial charge in [-0.2, -0.15) is 0 Å². The standard InChI is InChI=1S/C10H24N4.4H2/c1-2-14-9-7-12-5-3-11-4-6-13-8-10-14;;;;/h11-13H,2-10H2,1H3;4*1H. The number of nitrogens with zero attached hydrogens (tertiary/aromatic N) is 1. The zero-order chi connectivity index (χ0) is 10.1. The molecule has 1 aliphatic rings. The highest BCUT2D eigenvalue weighted by molar-refractivity contribution is 4.63. The van der Waals surface area contributed by atoms with Crippen LogP contribution in [0.25, 0.3) is 0 Å². The number of hydrogen-bond donors (Lipinski definition) is 3. The molecule has 0 saturated carbocycles. The minimum atomic E-state index is 0. The average Bonchev–Trinajstić information content (AvgIpc) is 2.19. The van der Waals surface area contributed by atoms with Crippen LogP contribution < -0.4 is 16.0 Å². The van der Waals surface area contributed by atoms with Crippen LogP contribution in [0.5, 0.6) is 0 Å². The van der Waals surface area contributed by atoms with Gasteiger partial charge in [0.05, 0.1) is 0 Å². The first-order valence-electron chi connectivity index (χ1n) is 5.78. The van der Waals surface area contributed by atoms with E-state index in [-0.39, 0.29) is 5.71 Å². The minimum absolute atomic E-state index is 0. The van der Waals surface area contributed by atoms with Gasteiger partial charge in [0.1, 0.15) is 0 Å². The molecule has 0 aromatic carbocycles. The van der Waals surface area contributed by atoms with E-state index in [9.17, 15) is 0 Å². The minimum Gasteiger partial charge on any atom is -0.314 e. The average molecular weight is 208 g/mol. The van der Waals surface area contributed by atoms with Gasteiger partial charge in [-0.3, -0.25) is 0 Å². The maximum Gasteiger partial charge on any atom is 0.0107 e. The van der Waals surface area contributed by atoms with Crippen molar-refractivity contribution in [2.75, 3.05) is 58.9 Å². The molecule has 4 heteroatoms. The lowest BCUT2D eigenvalue weighted by molar-refractivity contribution is 0.284. The molecule has 0 atom stereocenters. The third-order valence-electron chi connectivity index (χ3n) is 2.61. The van der Waals surface area contributed by atoms with Crippen molar-refractivity contribution in [3.63, 3.8) is 0 Å². The van der Waals surface area contributed by atoms with Crippen molar-refractivity contribution < 1.29 is 5.71 Å². The summed E-state index contributed by atoms with van der Waals surface area (Å²) in [5.74, 6) is 0. The van der Waals surface area contributed by atoms with Crippen LogP contribution in [0, 0.1) is 0 Å². The third kappa shape index (κ3) is 5.54. The van der Waals surface area contributed by atoms with Gasteiger partial charge in [0.2, 0.25) is 0 Å². The maximum absolute atomic E-state index is 3.44. The zero-order valence-corrected chi connectivity index (χ0v) is 9.31. The number of likely N-dealkylation sites (N-methyl/N-ethyl adjacent to an activating group) is 1. The fourth-order valence-corrected chi connectivity index (χ4v) is 1.63. The van der Waals surface area contributed by atoms with Gasteiger partial charge in [0, 0.05) is 58.1 Å². The van der Waals surface area contributed by atoms with Crippen molar-refractivity contribution in [1.82, 2.24) is 20.9 Å². The van der Waals surface area contributed by atoms with Crippen LogP contribution in [0.1, 0.15) is 12.6 Å². The molecule has 1 saturated heterocycles. The van der Waals surface area contributed by atoms with Crippen LogP contribution in [-0.4, -0.2) is 63.8 Å². The molecule has 0 unspecified atom stereocenters. The molecule has 0 bridgehead atoms. The molecule has 1 fully saturated rings. The molecular formula is C10H32N4. The van der Waals surface area contributed by atoms with Gasteiger partial charge >= 0.3 is 0 Å². The van der Waals surface area contributed by atoms with E-state index in [2.05, 4.69) is 27.8 Å². The van der Waals surface area contributed by atoms with E-state index in [0.717, 1.165) is 58.9 Å². The summed E-state index contributed by atoms with van der Waals surface area (Å²) in [6, 6.07) is 0. The van der Waals surface area contributed by atoms with Crippen LogP contribution >= 0.6 is 0 Å². The Morgan fingerprint density at radius 2 is 1.29 bits per heavy atom. The van der Waals surface area contributed by atoms with Crippen molar-refractivity contribution in [2.45, 2.75) is 6.92 Å². The highest BCUT2D eigenvalue weighted by Gasteiger charge is 2.01. The van der Waals surface area contributed by atoms with E-state index in [0.29, 0.717) is 0 Å². The summed E-state index contributed by atoms with van der Waals surface area (Å²) in [5, 5.41) is 10.3. The molecule has 14 heavy (non-hydrogen) atoms. The smallest absolute Gasteiger partial charge is 0.0107 e. The van der Waals surface area contributed by atoms with E-state index < -0.39 is 0 Å². The lowest BCUT2D eigenvalue weighted by Crippen LogP contribution is -2.41. The Bertz CT molecular complexity index is 131. The normalized spacial score (nSPS) is 23.8. The number of hydrogen-bond acceptors (Lipinski definition) is 4. The lowest BCUT2D eigenvalue weighted by atomic mass is 10.4. The van der Waals surface area contributed by atoms with E-state index in [1.807, 2.05) is 0 Å². The molecule has 4 nitrogen and oxygen atoms in total. The Morgan fingerprint density at radius 3 is 1.71 bits per heavy atom. The van der Waals surface area contributed by atoms with Gasteiger partial charge in [-0.25, -0.2) is 0 Å². The molecule has 0 aromatic rings. The van der Waals surface area contributed by atoms with Gasteiger partial charge in [-0.05, 0) is 6.54 Å². The second-order valence-corrected chi connectivity index (χ2v) is 3.68. The van der Waals surface area contributed by atoms with Crippen molar-refractivity contribution in [2.24, 2.45) is 0 Å². The number of rotatable bonds is 1. The van der Waals surface area contributed by atoms with Crippen LogP contribution in [0.4, 0.5) is 0 Å². The van der Waals surface area contributed by atoms with Crippen LogP contribution in [0.3, 0.4) is 0 Å². The Morgan fingerprint density at radius 1 is 0.857 bits per heavy atom. The van der Waals surface area contributed by atoms with E-state index in [1.165, 1.54) is 0 Å². The second-order valence-electron chi connectivity index (χ2n) is 3.68. The summed E-state index contributed by atoms with van der Waals surface area (Å²) in [6.07, 6.45) is 0. The predicted molar refractivity (Wildman–Crippen MR) is 69.2 cm³/mol. The molecule has 1 aliphatic heterocycles. The summed E-state index contributed by atoms with van der Waals surface area (Å²) in [7, 11) is 0. The fraction of sp³-hybridized carbons (Fsp3) is 1.00. The fourth-order valence-electron chi connectivity index (χ4n) is 1.63. The second kappa shape index (κ2) is 8.17. The maximum atomic E-state index is 3.44.